The highest BCUT2D eigenvalue weighted by Gasteiger charge is 2.49. The largest absolute Gasteiger partial charge is 0.507 e. The molecule has 1 aromatic carbocycles. The lowest BCUT2D eigenvalue weighted by Gasteiger charge is -2.30. The van der Waals surface area contributed by atoms with Gasteiger partial charge < -0.3 is 10.0 Å². The SMILES string of the molecule is Cc1ccc(/C(O)=C2/C(=O)C(=O)N(C3CCCC3)C2c2ccccn2)cc1C. The number of Topliss-reactive ketones (excluding diaryl/α,β-unsaturated/α-hetero) is 1. The lowest BCUT2D eigenvalue weighted by atomic mass is 9.96. The molecular weight excluding hydrogens is 352 g/mol. The van der Waals surface area contributed by atoms with Gasteiger partial charge in [-0.05, 0) is 56.0 Å². The van der Waals surface area contributed by atoms with Crippen molar-refractivity contribution in [3.05, 3.63) is 70.6 Å². The number of benzene rings is 1. The van der Waals surface area contributed by atoms with Crippen molar-refractivity contribution in [2.24, 2.45) is 0 Å². The number of pyridine rings is 1. The van der Waals surface area contributed by atoms with E-state index in [0.29, 0.717) is 11.3 Å². The summed E-state index contributed by atoms with van der Waals surface area (Å²) < 4.78 is 0. The number of likely N-dealkylation sites (tertiary alicyclic amines) is 1. The minimum Gasteiger partial charge on any atom is -0.507 e. The number of nitrogens with zero attached hydrogens (tertiary/aromatic N) is 2. The van der Waals surface area contributed by atoms with E-state index < -0.39 is 17.7 Å². The van der Waals surface area contributed by atoms with E-state index in [4.69, 9.17) is 0 Å². The minimum absolute atomic E-state index is 0.00788. The van der Waals surface area contributed by atoms with Gasteiger partial charge in [0, 0.05) is 17.8 Å². The van der Waals surface area contributed by atoms with Crippen LogP contribution in [0, 0.1) is 13.8 Å². The third kappa shape index (κ3) is 3.01. The number of rotatable bonds is 3. The summed E-state index contributed by atoms with van der Waals surface area (Å²) in [5, 5.41) is 11.1. The molecule has 2 fully saturated rings. The maximum Gasteiger partial charge on any atom is 0.295 e. The van der Waals surface area contributed by atoms with E-state index in [1.165, 1.54) is 0 Å². The molecule has 1 saturated carbocycles. The first kappa shape index (κ1) is 18.4. The molecule has 144 valence electrons. The van der Waals surface area contributed by atoms with Crippen LogP contribution >= 0.6 is 0 Å². The average Bonchev–Trinajstić information content (AvgIpc) is 3.31. The second kappa shape index (κ2) is 7.23. The quantitative estimate of drug-likeness (QED) is 0.498. The standard InChI is InChI=1S/C23H24N2O3/c1-14-10-11-16(13-15(14)2)21(26)19-20(18-9-5-6-12-24-18)25(23(28)22(19)27)17-7-3-4-8-17/h5-6,9-13,17,20,26H,3-4,7-8H2,1-2H3/b21-19-. The molecule has 1 unspecified atom stereocenters. The molecule has 1 amide bonds. The molecule has 5 nitrogen and oxygen atoms in total. The second-order valence-corrected chi connectivity index (χ2v) is 7.70. The molecule has 1 N–H and O–H groups in total. The van der Waals surface area contributed by atoms with Gasteiger partial charge in [0.1, 0.15) is 11.8 Å². The Bertz CT molecular complexity index is 959. The number of ketones is 1. The van der Waals surface area contributed by atoms with Crippen LogP contribution in [0.5, 0.6) is 0 Å². The number of hydrogen-bond acceptors (Lipinski definition) is 4. The van der Waals surface area contributed by atoms with Crippen LogP contribution in [0.1, 0.15) is 54.1 Å². The van der Waals surface area contributed by atoms with Crippen LogP contribution in [0.25, 0.3) is 5.76 Å². The Morgan fingerprint density at radius 3 is 2.46 bits per heavy atom. The van der Waals surface area contributed by atoms with E-state index >= 15 is 0 Å². The Balaban J connectivity index is 1.89. The number of carbonyl (C=O) groups is 2. The Morgan fingerprint density at radius 1 is 1.07 bits per heavy atom. The van der Waals surface area contributed by atoms with Gasteiger partial charge in [0.15, 0.2) is 0 Å². The van der Waals surface area contributed by atoms with Gasteiger partial charge >= 0.3 is 0 Å². The van der Waals surface area contributed by atoms with Gasteiger partial charge in [-0.25, -0.2) is 0 Å². The lowest BCUT2D eigenvalue weighted by Crippen LogP contribution is -2.37. The van der Waals surface area contributed by atoms with Crippen molar-refractivity contribution in [1.29, 1.82) is 0 Å². The average molecular weight is 376 g/mol. The number of hydrogen-bond donors (Lipinski definition) is 1. The monoisotopic (exact) mass is 376 g/mol. The summed E-state index contributed by atoms with van der Waals surface area (Å²) in [6, 6.07) is 10.4. The highest BCUT2D eigenvalue weighted by molar-refractivity contribution is 6.46. The highest BCUT2D eigenvalue weighted by Crippen LogP contribution is 2.42. The molecule has 2 aromatic rings. The Morgan fingerprint density at radius 2 is 1.82 bits per heavy atom. The van der Waals surface area contributed by atoms with E-state index in [1.54, 1.807) is 23.2 Å². The fourth-order valence-corrected chi connectivity index (χ4v) is 4.28. The molecule has 1 aliphatic heterocycles. The minimum atomic E-state index is -0.647. The number of carbonyl (C=O) groups excluding carboxylic acids is 2. The highest BCUT2D eigenvalue weighted by atomic mass is 16.3. The molecule has 1 aromatic heterocycles. The van der Waals surface area contributed by atoms with E-state index in [9.17, 15) is 14.7 Å². The van der Waals surface area contributed by atoms with Gasteiger partial charge in [0.25, 0.3) is 11.7 Å². The summed E-state index contributed by atoms with van der Waals surface area (Å²) >= 11 is 0. The Kier molecular flexibility index (Phi) is 4.75. The predicted molar refractivity (Wildman–Crippen MR) is 107 cm³/mol. The smallest absolute Gasteiger partial charge is 0.295 e. The fraction of sp³-hybridized carbons (Fsp3) is 0.348. The number of aliphatic hydroxyl groups excluding tert-OH is 1. The molecule has 1 aliphatic carbocycles. The van der Waals surface area contributed by atoms with Crippen LogP contribution in [-0.4, -0.2) is 32.7 Å². The number of amides is 1. The van der Waals surface area contributed by atoms with Crippen molar-refractivity contribution >= 4 is 17.4 Å². The molecule has 1 atom stereocenters. The van der Waals surface area contributed by atoms with Crippen LogP contribution in [0.4, 0.5) is 0 Å². The zero-order chi connectivity index (χ0) is 19.8. The molecule has 4 rings (SSSR count). The summed E-state index contributed by atoms with van der Waals surface area (Å²) in [4.78, 5) is 32.0. The van der Waals surface area contributed by atoms with Gasteiger partial charge in [0.2, 0.25) is 0 Å². The van der Waals surface area contributed by atoms with Gasteiger partial charge in [-0.15, -0.1) is 0 Å². The lowest BCUT2D eigenvalue weighted by molar-refractivity contribution is -0.141. The van der Waals surface area contributed by atoms with Crippen LogP contribution in [0.2, 0.25) is 0 Å². The summed E-state index contributed by atoms with van der Waals surface area (Å²) in [5.41, 5.74) is 3.42. The van der Waals surface area contributed by atoms with Crippen LogP contribution in [-0.2, 0) is 9.59 Å². The normalized spacial score (nSPS) is 22.2. The van der Waals surface area contributed by atoms with Crippen molar-refractivity contribution in [1.82, 2.24) is 9.88 Å². The molecule has 0 spiro atoms. The third-order valence-electron chi connectivity index (χ3n) is 5.95. The summed E-state index contributed by atoms with van der Waals surface area (Å²) in [5.74, 6) is -1.29. The van der Waals surface area contributed by atoms with Crippen LogP contribution in [0.3, 0.4) is 0 Å². The zero-order valence-corrected chi connectivity index (χ0v) is 16.2. The molecular formula is C23H24N2O3. The molecule has 0 radical (unpaired) electrons. The van der Waals surface area contributed by atoms with Crippen LogP contribution < -0.4 is 0 Å². The van der Waals surface area contributed by atoms with E-state index in [0.717, 1.165) is 36.8 Å². The van der Waals surface area contributed by atoms with E-state index in [1.807, 2.05) is 38.1 Å². The summed E-state index contributed by atoms with van der Waals surface area (Å²) in [6.07, 6.45) is 5.49. The second-order valence-electron chi connectivity index (χ2n) is 7.70. The fourth-order valence-electron chi connectivity index (χ4n) is 4.28. The molecule has 0 bridgehead atoms. The van der Waals surface area contributed by atoms with Crippen LogP contribution in [0.15, 0.2) is 48.2 Å². The van der Waals surface area contributed by atoms with Crippen molar-refractivity contribution in [3.63, 3.8) is 0 Å². The van der Waals surface area contributed by atoms with Crippen molar-refractivity contribution in [2.75, 3.05) is 0 Å². The third-order valence-corrected chi connectivity index (χ3v) is 5.95. The zero-order valence-electron chi connectivity index (χ0n) is 16.2. The molecule has 2 heterocycles. The first-order valence-corrected chi connectivity index (χ1v) is 9.77. The summed E-state index contributed by atoms with van der Waals surface area (Å²) in [6.45, 7) is 3.95. The van der Waals surface area contributed by atoms with E-state index in [2.05, 4.69) is 4.98 Å². The van der Waals surface area contributed by atoms with E-state index in [-0.39, 0.29) is 17.4 Å². The van der Waals surface area contributed by atoms with Gasteiger partial charge in [-0.3, -0.25) is 14.6 Å². The maximum atomic E-state index is 13.0. The van der Waals surface area contributed by atoms with Gasteiger partial charge in [-0.1, -0.05) is 31.0 Å². The van der Waals surface area contributed by atoms with Crippen molar-refractivity contribution in [3.8, 4) is 0 Å². The number of aliphatic hydroxyl groups is 1. The Hall–Kier alpha value is -2.95. The first-order valence-electron chi connectivity index (χ1n) is 9.77. The van der Waals surface area contributed by atoms with Gasteiger partial charge in [-0.2, -0.15) is 0 Å². The number of aromatic nitrogens is 1. The topological polar surface area (TPSA) is 70.5 Å². The molecule has 1 saturated heterocycles. The van der Waals surface area contributed by atoms with Crippen molar-refractivity contribution < 1.29 is 14.7 Å². The van der Waals surface area contributed by atoms with Crippen molar-refractivity contribution in [2.45, 2.75) is 51.6 Å². The molecule has 28 heavy (non-hydrogen) atoms. The predicted octanol–water partition coefficient (Wildman–Crippen LogP) is 4.06. The molecule has 5 heteroatoms. The number of aryl methyl sites for hydroxylation is 2. The Labute approximate surface area is 164 Å². The summed E-state index contributed by atoms with van der Waals surface area (Å²) in [7, 11) is 0. The molecule has 2 aliphatic rings. The maximum absolute atomic E-state index is 13.0. The first-order chi connectivity index (χ1) is 13.5. The van der Waals surface area contributed by atoms with Gasteiger partial charge in [0.05, 0.1) is 11.3 Å².